The van der Waals surface area contributed by atoms with Gasteiger partial charge < -0.3 is 15.4 Å². The summed E-state index contributed by atoms with van der Waals surface area (Å²) >= 11 is 6.97. The number of allylic oxidation sites excluding steroid dienone is 1. The molecule has 0 aromatic heterocycles. The van der Waals surface area contributed by atoms with Gasteiger partial charge in [0.1, 0.15) is 5.92 Å². The fraction of sp³-hybridized carbons (Fsp3) is 0.280. The Balaban J connectivity index is 1.90. The molecule has 176 valence electrons. The van der Waals surface area contributed by atoms with Crippen LogP contribution in [-0.4, -0.2) is 30.6 Å². The van der Waals surface area contributed by atoms with Gasteiger partial charge in [-0.25, -0.2) is 0 Å². The number of carbonyl (C=O) groups excluding carboxylic acids is 3. The smallest absolute Gasteiger partial charge is 0.319 e. The molecule has 2 aromatic rings. The molecule has 0 unspecified atom stereocenters. The summed E-state index contributed by atoms with van der Waals surface area (Å²) in [4.78, 5) is 37.9. The number of anilines is 1. The zero-order valence-corrected chi connectivity index (χ0v) is 20.5. The van der Waals surface area contributed by atoms with Crippen molar-refractivity contribution in [3.8, 4) is 6.07 Å². The molecule has 0 bridgehead atoms. The second-order valence-electron chi connectivity index (χ2n) is 7.99. The summed E-state index contributed by atoms with van der Waals surface area (Å²) in [6.07, 6.45) is 0. The van der Waals surface area contributed by atoms with E-state index >= 15 is 0 Å². The molecule has 7 nitrogen and oxygen atoms in total. The molecule has 0 fully saturated rings. The third kappa shape index (κ3) is 5.79. The highest BCUT2D eigenvalue weighted by Crippen LogP contribution is 2.40. The standard InChI is InChI=1S/C25H24ClN3O4S/c1-14(2)15-7-9-16(10-8-15)21-19(12-27)24(29-23(31)22(21)25(32)33-3)34-13-20(30)28-18-6-4-5-17(26)11-18/h4-11,14,21-22H,13H2,1-3H3,(H,28,30)(H,29,31)/t21-,22+/m1/s1. The van der Waals surface area contributed by atoms with Crippen molar-refractivity contribution < 1.29 is 19.1 Å². The number of nitrogens with zero attached hydrogens (tertiary/aromatic N) is 1. The molecule has 2 atom stereocenters. The largest absolute Gasteiger partial charge is 0.468 e. The summed E-state index contributed by atoms with van der Waals surface area (Å²) in [5.41, 5.74) is 2.48. The average Bonchev–Trinajstić information content (AvgIpc) is 2.81. The quantitative estimate of drug-likeness (QED) is 0.428. The highest BCUT2D eigenvalue weighted by atomic mass is 35.5. The van der Waals surface area contributed by atoms with Crippen molar-refractivity contribution in [3.63, 3.8) is 0 Å². The molecular weight excluding hydrogens is 474 g/mol. The van der Waals surface area contributed by atoms with E-state index in [9.17, 15) is 19.6 Å². The number of hydrogen-bond acceptors (Lipinski definition) is 6. The first kappa shape index (κ1) is 25.3. The lowest BCUT2D eigenvalue weighted by Crippen LogP contribution is -2.44. The average molecular weight is 498 g/mol. The minimum Gasteiger partial charge on any atom is -0.468 e. The molecule has 1 heterocycles. The third-order valence-electron chi connectivity index (χ3n) is 5.40. The molecule has 2 aromatic carbocycles. The van der Waals surface area contributed by atoms with E-state index in [0.717, 1.165) is 17.3 Å². The van der Waals surface area contributed by atoms with Gasteiger partial charge >= 0.3 is 5.97 Å². The van der Waals surface area contributed by atoms with Crippen LogP contribution < -0.4 is 10.6 Å². The van der Waals surface area contributed by atoms with Crippen LogP contribution in [0.5, 0.6) is 0 Å². The summed E-state index contributed by atoms with van der Waals surface area (Å²) in [6, 6.07) is 16.3. The summed E-state index contributed by atoms with van der Waals surface area (Å²) in [7, 11) is 1.20. The molecule has 9 heteroatoms. The van der Waals surface area contributed by atoms with Crippen molar-refractivity contribution in [2.45, 2.75) is 25.7 Å². The van der Waals surface area contributed by atoms with Crippen LogP contribution >= 0.6 is 23.4 Å². The van der Waals surface area contributed by atoms with Crippen LogP contribution in [0, 0.1) is 17.2 Å². The summed E-state index contributed by atoms with van der Waals surface area (Å²) in [5.74, 6) is -3.45. The Morgan fingerprint density at radius 3 is 2.53 bits per heavy atom. The molecule has 2 amide bonds. The Morgan fingerprint density at radius 2 is 1.94 bits per heavy atom. The van der Waals surface area contributed by atoms with Crippen LogP contribution in [0.2, 0.25) is 5.02 Å². The first-order valence-corrected chi connectivity index (χ1v) is 11.9. The second kappa shape index (κ2) is 11.2. The number of carbonyl (C=O) groups is 3. The number of nitriles is 1. The van der Waals surface area contributed by atoms with Crippen molar-refractivity contribution in [2.75, 3.05) is 18.2 Å². The number of rotatable bonds is 7. The lowest BCUT2D eigenvalue weighted by Gasteiger charge is -2.31. The van der Waals surface area contributed by atoms with E-state index < -0.39 is 23.7 Å². The molecule has 2 N–H and O–H groups in total. The Morgan fingerprint density at radius 1 is 1.24 bits per heavy atom. The Hall–Kier alpha value is -3.28. The summed E-state index contributed by atoms with van der Waals surface area (Å²) in [6.45, 7) is 4.12. The van der Waals surface area contributed by atoms with E-state index in [2.05, 4.69) is 30.6 Å². The summed E-state index contributed by atoms with van der Waals surface area (Å²) < 4.78 is 4.86. The van der Waals surface area contributed by atoms with Crippen molar-refractivity contribution in [1.29, 1.82) is 5.26 Å². The van der Waals surface area contributed by atoms with Crippen LogP contribution in [0.15, 0.2) is 59.1 Å². The van der Waals surface area contributed by atoms with Gasteiger partial charge in [0, 0.05) is 16.6 Å². The van der Waals surface area contributed by atoms with E-state index in [1.54, 1.807) is 24.3 Å². The Bertz CT molecular complexity index is 1170. The van der Waals surface area contributed by atoms with Crippen LogP contribution in [0.25, 0.3) is 0 Å². The van der Waals surface area contributed by atoms with E-state index in [4.69, 9.17) is 16.3 Å². The van der Waals surface area contributed by atoms with Crippen LogP contribution in [0.4, 0.5) is 5.69 Å². The fourth-order valence-corrected chi connectivity index (χ4v) is 4.71. The number of thioether (sulfide) groups is 1. The zero-order valence-electron chi connectivity index (χ0n) is 18.9. The number of nitrogens with one attached hydrogen (secondary N) is 2. The van der Waals surface area contributed by atoms with Crippen molar-refractivity contribution in [1.82, 2.24) is 5.32 Å². The highest BCUT2D eigenvalue weighted by molar-refractivity contribution is 8.03. The first-order chi connectivity index (χ1) is 16.2. The summed E-state index contributed by atoms with van der Waals surface area (Å²) in [5, 5.41) is 16.1. The van der Waals surface area contributed by atoms with Crippen molar-refractivity contribution in [2.24, 2.45) is 5.92 Å². The number of halogens is 1. The molecule has 0 aliphatic carbocycles. The lowest BCUT2D eigenvalue weighted by atomic mass is 9.78. The zero-order chi connectivity index (χ0) is 24.8. The van der Waals surface area contributed by atoms with Crippen LogP contribution in [-0.2, 0) is 19.1 Å². The number of benzene rings is 2. The molecule has 34 heavy (non-hydrogen) atoms. The monoisotopic (exact) mass is 497 g/mol. The first-order valence-electron chi connectivity index (χ1n) is 10.6. The van der Waals surface area contributed by atoms with Crippen molar-refractivity contribution in [3.05, 3.63) is 75.3 Å². The van der Waals surface area contributed by atoms with Gasteiger partial charge in [-0.05, 0) is 35.2 Å². The van der Waals surface area contributed by atoms with Gasteiger partial charge in [0.25, 0.3) is 0 Å². The van der Waals surface area contributed by atoms with Crippen molar-refractivity contribution >= 4 is 46.8 Å². The highest BCUT2D eigenvalue weighted by Gasteiger charge is 2.44. The fourth-order valence-electron chi connectivity index (χ4n) is 3.67. The molecule has 0 saturated carbocycles. The number of esters is 1. The minimum absolute atomic E-state index is 0.0603. The van der Waals surface area contributed by atoms with E-state index in [1.807, 2.05) is 24.3 Å². The molecule has 0 radical (unpaired) electrons. The predicted octanol–water partition coefficient (Wildman–Crippen LogP) is 4.57. The molecule has 0 saturated heterocycles. The maximum absolute atomic E-state index is 12.9. The molecule has 1 aliphatic heterocycles. The molecule has 3 rings (SSSR count). The molecule has 0 spiro atoms. The molecular formula is C25H24ClN3O4S. The molecule has 1 aliphatic rings. The lowest BCUT2D eigenvalue weighted by molar-refractivity contribution is -0.150. The van der Waals surface area contributed by atoms with Gasteiger partial charge in [0.2, 0.25) is 11.8 Å². The maximum atomic E-state index is 12.9. The Labute approximate surface area is 207 Å². The predicted molar refractivity (Wildman–Crippen MR) is 132 cm³/mol. The topological polar surface area (TPSA) is 108 Å². The number of amides is 2. The van der Waals surface area contributed by atoms with Gasteiger partial charge in [-0.15, -0.1) is 0 Å². The van der Waals surface area contributed by atoms with Gasteiger partial charge in [0.05, 0.1) is 29.5 Å². The van der Waals surface area contributed by atoms with Crippen LogP contribution in [0.1, 0.15) is 36.8 Å². The van der Waals surface area contributed by atoms with Gasteiger partial charge in [0.15, 0.2) is 0 Å². The normalized spacial score (nSPS) is 17.7. The Kier molecular flexibility index (Phi) is 8.37. The van der Waals surface area contributed by atoms with E-state index in [1.165, 1.54) is 7.11 Å². The number of methoxy groups -OCH3 is 1. The van der Waals surface area contributed by atoms with Gasteiger partial charge in [-0.1, -0.05) is 67.5 Å². The van der Waals surface area contributed by atoms with Gasteiger partial charge in [-0.2, -0.15) is 5.26 Å². The maximum Gasteiger partial charge on any atom is 0.319 e. The van der Waals surface area contributed by atoms with E-state index in [-0.39, 0.29) is 22.3 Å². The SMILES string of the molecule is COC(=O)[C@@H]1C(=O)NC(SCC(=O)Nc2cccc(Cl)c2)=C(C#N)[C@H]1c1ccc(C(C)C)cc1. The number of ether oxygens (including phenoxy) is 1. The minimum atomic E-state index is -1.21. The van der Waals surface area contributed by atoms with Gasteiger partial charge in [-0.3, -0.25) is 14.4 Å². The third-order valence-corrected chi connectivity index (χ3v) is 6.65. The van der Waals surface area contributed by atoms with Crippen LogP contribution in [0.3, 0.4) is 0 Å². The number of hydrogen-bond donors (Lipinski definition) is 2. The second-order valence-corrected chi connectivity index (χ2v) is 9.41. The van der Waals surface area contributed by atoms with E-state index in [0.29, 0.717) is 22.2 Å².